The van der Waals surface area contributed by atoms with Gasteiger partial charge in [0.15, 0.2) is 0 Å². The average Bonchev–Trinajstić information content (AvgIpc) is 2.35. The smallest absolute Gasteiger partial charge is 0.242 e. The van der Waals surface area contributed by atoms with Crippen molar-refractivity contribution in [3.63, 3.8) is 0 Å². The second-order valence-electron chi connectivity index (χ2n) is 4.43. The van der Waals surface area contributed by atoms with Crippen molar-refractivity contribution in [3.8, 4) is 11.8 Å². The Morgan fingerprint density at radius 1 is 1.42 bits per heavy atom. The predicted molar refractivity (Wildman–Crippen MR) is 70.8 cm³/mol. The van der Waals surface area contributed by atoms with E-state index < -0.39 is 10.0 Å². The van der Waals surface area contributed by atoms with Gasteiger partial charge < -0.3 is 5.11 Å². The lowest BCUT2D eigenvalue weighted by atomic mass is 9.94. The van der Waals surface area contributed by atoms with Crippen LogP contribution in [-0.2, 0) is 10.0 Å². The van der Waals surface area contributed by atoms with Crippen molar-refractivity contribution in [1.82, 2.24) is 9.71 Å². The molecule has 0 unspecified atom stereocenters. The van der Waals surface area contributed by atoms with Gasteiger partial charge in [-0.15, -0.1) is 0 Å². The summed E-state index contributed by atoms with van der Waals surface area (Å²) in [6.07, 6.45) is 6.03. The van der Waals surface area contributed by atoms with E-state index in [9.17, 15) is 8.42 Å². The number of aliphatic hydroxyl groups is 1. The van der Waals surface area contributed by atoms with Gasteiger partial charge in [0.05, 0.1) is 6.61 Å². The molecule has 1 aliphatic rings. The first-order chi connectivity index (χ1) is 9.12. The van der Waals surface area contributed by atoms with E-state index in [0.29, 0.717) is 12.0 Å². The van der Waals surface area contributed by atoms with Gasteiger partial charge in [-0.25, -0.2) is 13.1 Å². The number of hydrogen-bond donors (Lipinski definition) is 2. The summed E-state index contributed by atoms with van der Waals surface area (Å²) in [5.74, 6) is 5.51. The van der Waals surface area contributed by atoms with Crippen LogP contribution in [0.3, 0.4) is 0 Å². The van der Waals surface area contributed by atoms with Crippen LogP contribution in [0, 0.1) is 11.8 Å². The lowest BCUT2D eigenvalue weighted by Crippen LogP contribution is -2.39. The number of sulfonamides is 1. The van der Waals surface area contributed by atoms with Crippen molar-refractivity contribution >= 4 is 10.0 Å². The molecule has 0 bridgehead atoms. The molecule has 0 aromatic carbocycles. The van der Waals surface area contributed by atoms with Crippen molar-refractivity contribution in [2.45, 2.75) is 36.6 Å². The first-order valence-electron chi connectivity index (χ1n) is 6.19. The Bertz CT molecular complexity index is 598. The molecular weight excluding hydrogens is 264 g/mol. The van der Waals surface area contributed by atoms with E-state index in [0.717, 1.165) is 19.3 Å². The molecule has 0 amide bonds. The summed E-state index contributed by atoms with van der Waals surface area (Å²) in [5, 5.41) is 8.64. The number of nitrogens with zero attached hydrogens (tertiary/aromatic N) is 1. The fourth-order valence-electron chi connectivity index (χ4n) is 1.67. The molecule has 6 heteroatoms. The van der Waals surface area contributed by atoms with E-state index in [2.05, 4.69) is 21.5 Å². The zero-order valence-electron chi connectivity index (χ0n) is 10.5. The highest BCUT2D eigenvalue weighted by molar-refractivity contribution is 7.89. The van der Waals surface area contributed by atoms with E-state index in [1.807, 2.05) is 0 Å². The second-order valence-corrected chi connectivity index (χ2v) is 6.15. The van der Waals surface area contributed by atoms with Crippen molar-refractivity contribution in [2.24, 2.45) is 0 Å². The Morgan fingerprint density at radius 2 is 2.21 bits per heavy atom. The summed E-state index contributed by atoms with van der Waals surface area (Å²) < 4.78 is 26.8. The number of rotatable bonds is 4. The molecule has 1 heterocycles. The van der Waals surface area contributed by atoms with E-state index >= 15 is 0 Å². The molecule has 2 N–H and O–H groups in total. The Hall–Kier alpha value is -1.42. The Balaban J connectivity index is 2.15. The molecule has 0 spiro atoms. The van der Waals surface area contributed by atoms with Gasteiger partial charge in [-0.05, 0) is 18.9 Å². The van der Waals surface area contributed by atoms with E-state index in [-0.39, 0.29) is 17.5 Å². The number of aromatic nitrogens is 1. The Kier molecular flexibility index (Phi) is 4.53. The predicted octanol–water partition coefficient (Wildman–Crippen LogP) is 0.646. The molecule has 1 saturated carbocycles. The van der Waals surface area contributed by atoms with Crippen LogP contribution in [-0.4, -0.2) is 31.2 Å². The third kappa shape index (κ3) is 3.77. The van der Waals surface area contributed by atoms with Crippen LogP contribution in [0.5, 0.6) is 0 Å². The summed E-state index contributed by atoms with van der Waals surface area (Å²) in [5.41, 5.74) is 0.532. The first-order valence-corrected chi connectivity index (χ1v) is 7.67. The van der Waals surface area contributed by atoms with E-state index in [1.54, 1.807) is 0 Å². The highest BCUT2D eigenvalue weighted by Gasteiger charge is 2.24. The zero-order valence-corrected chi connectivity index (χ0v) is 11.3. The zero-order chi connectivity index (χ0) is 13.7. The molecule has 19 heavy (non-hydrogen) atoms. The topological polar surface area (TPSA) is 79.3 Å². The molecule has 0 saturated heterocycles. The molecule has 1 aromatic rings. The summed E-state index contributed by atoms with van der Waals surface area (Å²) >= 11 is 0. The van der Waals surface area contributed by atoms with Crippen LogP contribution in [0.1, 0.15) is 31.2 Å². The third-order valence-electron chi connectivity index (χ3n) is 2.92. The van der Waals surface area contributed by atoms with Gasteiger partial charge in [-0.3, -0.25) is 4.98 Å². The van der Waals surface area contributed by atoms with Gasteiger partial charge in [0.25, 0.3) is 0 Å². The number of aliphatic hydroxyl groups excluding tert-OH is 1. The second kappa shape index (κ2) is 6.15. The van der Waals surface area contributed by atoms with Crippen molar-refractivity contribution in [1.29, 1.82) is 0 Å². The van der Waals surface area contributed by atoms with Crippen LogP contribution in [0.25, 0.3) is 0 Å². The molecule has 1 aliphatic carbocycles. The normalized spacial score (nSPS) is 15.4. The quantitative estimate of drug-likeness (QED) is 0.794. The highest BCUT2D eigenvalue weighted by atomic mass is 32.2. The van der Waals surface area contributed by atoms with Gasteiger partial charge in [-0.2, -0.15) is 0 Å². The molecule has 2 rings (SSSR count). The molecule has 0 atom stereocenters. The van der Waals surface area contributed by atoms with E-state index in [4.69, 9.17) is 5.11 Å². The van der Waals surface area contributed by atoms with Crippen LogP contribution in [0.2, 0.25) is 0 Å². The van der Waals surface area contributed by atoms with Gasteiger partial charge >= 0.3 is 0 Å². The van der Waals surface area contributed by atoms with Crippen molar-refractivity contribution < 1.29 is 13.5 Å². The summed E-state index contributed by atoms with van der Waals surface area (Å²) in [7, 11) is -3.50. The third-order valence-corrected chi connectivity index (χ3v) is 4.41. The van der Waals surface area contributed by atoms with Gasteiger partial charge in [0, 0.05) is 30.4 Å². The SMILES string of the molecule is O=S(=O)(NC1CCC1)c1cncc(C#CCCO)c1. The largest absolute Gasteiger partial charge is 0.395 e. The maximum atomic E-state index is 12.1. The summed E-state index contributed by atoms with van der Waals surface area (Å²) in [6, 6.07) is 1.55. The molecule has 1 aromatic heterocycles. The molecule has 0 aliphatic heterocycles. The maximum Gasteiger partial charge on any atom is 0.242 e. The minimum Gasteiger partial charge on any atom is -0.395 e. The summed E-state index contributed by atoms with van der Waals surface area (Å²) in [4.78, 5) is 4.03. The van der Waals surface area contributed by atoms with Crippen LogP contribution in [0.15, 0.2) is 23.4 Å². The van der Waals surface area contributed by atoms with Crippen molar-refractivity contribution in [2.75, 3.05) is 6.61 Å². The van der Waals surface area contributed by atoms with Crippen LogP contribution in [0.4, 0.5) is 0 Å². The van der Waals surface area contributed by atoms with Gasteiger partial charge in [-0.1, -0.05) is 18.3 Å². The lowest BCUT2D eigenvalue weighted by molar-refractivity contribution is 0.305. The fraction of sp³-hybridized carbons (Fsp3) is 0.462. The molecule has 5 nitrogen and oxygen atoms in total. The Morgan fingerprint density at radius 3 is 2.84 bits per heavy atom. The molecular formula is C13H16N2O3S. The van der Waals surface area contributed by atoms with Gasteiger partial charge in [0.1, 0.15) is 4.90 Å². The lowest BCUT2D eigenvalue weighted by Gasteiger charge is -2.25. The van der Waals surface area contributed by atoms with Crippen LogP contribution < -0.4 is 4.72 Å². The van der Waals surface area contributed by atoms with Gasteiger partial charge in [0.2, 0.25) is 10.0 Å². The monoisotopic (exact) mass is 280 g/mol. The molecule has 0 radical (unpaired) electrons. The maximum absolute atomic E-state index is 12.1. The minimum absolute atomic E-state index is 0.0122. The number of hydrogen-bond acceptors (Lipinski definition) is 4. The minimum atomic E-state index is -3.50. The fourth-order valence-corrected chi connectivity index (χ4v) is 2.96. The summed E-state index contributed by atoms with van der Waals surface area (Å²) in [6.45, 7) is -0.0122. The molecule has 1 fully saturated rings. The Labute approximate surface area is 113 Å². The standard InChI is InChI=1S/C13H16N2O3S/c16-7-2-1-4-11-8-13(10-14-9-11)19(17,18)15-12-5-3-6-12/h8-10,12,15-16H,2-3,5-7H2. The van der Waals surface area contributed by atoms with E-state index in [1.165, 1.54) is 18.5 Å². The molecule has 102 valence electrons. The number of nitrogens with one attached hydrogen (secondary N) is 1. The highest BCUT2D eigenvalue weighted by Crippen LogP contribution is 2.21. The van der Waals surface area contributed by atoms with Crippen LogP contribution >= 0.6 is 0 Å². The first kappa shape index (κ1) is 14.0. The number of pyridine rings is 1. The van der Waals surface area contributed by atoms with Crippen molar-refractivity contribution in [3.05, 3.63) is 24.0 Å². The average molecular weight is 280 g/mol.